The third kappa shape index (κ3) is 1.72. The number of rotatable bonds is 2. The topological polar surface area (TPSA) is 51.0 Å². The summed E-state index contributed by atoms with van der Waals surface area (Å²) in [6.45, 7) is 2.05. The van der Waals surface area contributed by atoms with Gasteiger partial charge in [0.1, 0.15) is 6.33 Å². The van der Waals surface area contributed by atoms with Crippen LogP contribution in [0.5, 0.6) is 0 Å². The Kier molecular flexibility index (Phi) is 2.67. The number of hydrogen-bond acceptors (Lipinski definition) is 3. The smallest absolute Gasteiger partial charge is 0.224 e. The molecule has 14 heavy (non-hydrogen) atoms. The minimum Gasteiger partial charge on any atom is -0.333 e. The maximum atomic E-state index is 11.5. The lowest BCUT2D eigenvalue weighted by Gasteiger charge is -2.26. The van der Waals surface area contributed by atoms with E-state index in [-0.39, 0.29) is 5.91 Å². The number of carbonyl (C=O) groups excluding carboxylic acids is 1. The van der Waals surface area contributed by atoms with E-state index in [0.29, 0.717) is 18.8 Å². The van der Waals surface area contributed by atoms with Crippen molar-refractivity contribution in [2.45, 2.75) is 19.5 Å². The van der Waals surface area contributed by atoms with E-state index >= 15 is 0 Å². The van der Waals surface area contributed by atoms with E-state index in [9.17, 15) is 4.79 Å². The zero-order valence-corrected chi connectivity index (χ0v) is 8.44. The van der Waals surface area contributed by atoms with Gasteiger partial charge in [-0.1, -0.05) is 0 Å². The van der Waals surface area contributed by atoms with Crippen LogP contribution < -0.4 is 0 Å². The molecule has 0 spiro atoms. The van der Waals surface area contributed by atoms with Crippen LogP contribution in [-0.4, -0.2) is 38.0 Å². The Morgan fingerprint density at radius 1 is 1.57 bits per heavy atom. The summed E-state index contributed by atoms with van der Waals surface area (Å²) >= 11 is 5.51. The van der Waals surface area contributed by atoms with Crippen LogP contribution >= 0.6 is 11.6 Å². The summed E-state index contributed by atoms with van der Waals surface area (Å²) in [6.07, 6.45) is 2.09. The maximum Gasteiger partial charge on any atom is 0.224 e. The first kappa shape index (κ1) is 9.45. The number of halogens is 1. The van der Waals surface area contributed by atoms with Crippen LogP contribution in [0.1, 0.15) is 12.2 Å². The van der Waals surface area contributed by atoms with E-state index in [1.54, 1.807) is 11.2 Å². The molecule has 1 aromatic rings. The number of aromatic nitrogens is 3. The van der Waals surface area contributed by atoms with Crippen LogP contribution in [0.3, 0.4) is 0 Å². The average molecular weight is 215 g/mol. The van der Waals surface area contributed by atoms with E-state index < -0.39 is 0 Å². The molecule has 0 aromatic carbocycles. The van der Waals surface area contributed by atoms with Crippen molar-refractivity contribution in [3.05, 3.63) is 12.2 Å². The molecule has 0 unspecified atom stereocenters. The first-order valence-electron chi connectivity index (χ1n) is 4.51. The van der Waals surface area contributed by atoms with Crippen molar-refractivity contribution in [1.29, 1.82) is 0 Å². The van der Waals surface area contributed by atoms with Gasteiger partial charge in [-0.2, -0.15) is 0 Å². The normalized spacial score (nSPS) is 15.4. The van der Waals surface area contributed by atoms with Crippen molar-refractivity contribution < 1.29 is 4.79 Å². The lowest BCUT2D eigenvalue weighted by Crippen LogP contribution is -2.38. The molecule has 0 N–H and O–H groups in total. The molecule has 0 radical (unpaired) electrons. The third-order valence-corrected chi connectivity index (χ3v) is 2.49. The standard InChI is InChI=1S/C8H11ClN4O/c9-2-1-8(14)12-3-4-13-6-10-11-7(13)5-12/h6H,1-5H2. The van der Waals surface area contributed by atoms with Crippen molar-refractivity contribution in [2.24, 2.45) is 0 Å². The second kappa shape index (κ2) is 3.96. The quantitative estimate of drug-likeness (QED) is 0.664. The highest BCUT2D eigenvalue weighted by Gasteiger charge is 2.20. The summed E-state index contributed by atoms with van der Waals surface area (Å²) in [6, 6.07) is 0. The minimum absolute atomic E-state index is 0.0919. The highest BCUT2D eigenvalue weighted by molar-refractivity contribution is 6.18. The zero-order valence-electron chi connectivity index (χ0n) is 7.69. The molecule has 0 bridgehead atoms. The molecular formula is C8H11ClN4O. The van der Waals surface area contributed by atoms with Gasteiger partial charge in [-0.15, -0.1) is 21.8 Å². The molecule has 2 heterocycles. The van der Waals surface area contributed by atoms with Crippen LogP contribution in [-0.2, 0) is 17.9 Å². The third-order valence-electron chi connectivity index (χ3n) is 2.30. The molecule has 0 saturated heterocycles. The molecule has 5 nitrogen and oxygen atoms in total. The van der Waals surface area contributed by atoms with Gasteiger partial charge in [0.25, 0.3) is 0 Å². The molecule has 6 heteroatoms. The minimum atomic E-state index is 0.0919. The van der Waals surface area contributed by atoms with E-state index in [1.165, 1.54) is 0 Å². The molecule has 1 aromatic heterocycles. The molecule has 1 amide bonds. The number of fused-ring (bicyclic) bond motifs is 1. The van der Waals surface area contributed by atoms with Crippen LogP contribution in [0.4, 0.5) is 0 Å². The largest absolute Gasteiger partial charge is 0.333 e. The molecule has 0 fully saturated rings. The van der Waals surface area contributed by atoms with Crippen molar-refractivity contribution in [3.63, 3.8) is 0 Å². The van der Waals surface area contributed by atoms with Crippen LogP contribution in [0.15, 0.2) is 6.33 Å². The number of carbonyl (C=O) groups is 1. The Morgan fingerprint density at radius 3 is 3.21 bits per heavy atom. The van der Waals surface area contributed by atoms with Gasteiger partial charge in [-0.3, -0.25) is 4.79 Å². The van der Waals surface area contributed by atoms with Crippen molar-refractivity contribution >= 4 is 17.5 Å². The number of amides is 1. The Bertz CT molecular complexity index is 338. The predicted molar refractivity (Wildman–Crippen MR) is 50.8 cm³/mol. The second-order valence-corrected chi connectivity index (χ2v) is 3.57. The lowest BCUT2D eigenvalue weighted by molar-refractivity contribution is -0.132. The molecule has 2 rings (SSSR count). The fourth-order valence-corrected chi connectivity index (χ4v) is 1.68. The molecule has 0 aliphatic carbocycles. The summed E-state index contributed by atoms with van der Waals surface area (Å²) in [5.74, 6) is 1.32. The van der Waals surface area contributed by atoms with Gasteiger partial charge < -0.3 is 9.47 Å². The van der Waals surface area contributed by atoms with Crippen LogP contribution in [0.25, 0.3) is 0 Å². The monoisotopic (exact) mass is 214 g/mol. The number of hydrogen-bond donors (Lipinski definition) is 0. The van der Waals surface area contributed by atoms with Gasteiger partial charge in [0.05, 0.1) is 6.54 Å². The molecule has 0 saturated carbocycles. The Hall–Kier alpha value is -1.10. The number of alkyl halides is 1. The van der Waals surface area contributed by atoms with Crippen molar-refractivity contribution in [2.75, 3.05) is 12.4 Å². The van der Waals surface area contributed by atoms with E-state index in [1.807, 2.05) is 4.57 Å². The van der Waals surface area contributed by atoms with Crippen LogP contribution in [0.2, 0.25) is 0 Å². The Labute approximate surface area is 86.7 Å². The SMILES string of the molecule is O=C(CCCl)N1CCn2cnnc2C1. The van der Waals surface area contributed by atoms with Gasteiger partial charge in [0.2, 0.25) is 5.91 Å². The van der Waals surface area contributed by atoms with Gasteiger partial charge in [-0.05, 0) is 0 Å². The van der Waals surface area contributed by atoms with E-state index in [0.717, 1.165) is 18.9 Å². The molecule has 0 atom stereocenters. The van der Waals surface area contributed by atoms with Gasteiger partial charge >= 0.3 is 0 Å². The predicted octanol–water partition coefficient (Wildman–Crippen LogP) is 0.249. The van der Waals surface area contributed by atoms with Gasteiger partial charge in [0, 0.05) is 25.4 Å². The van der Waals surface area contributed by atoms with E-state index in [2.05, 4.69) is 10.2 Å². The molecule has 1 aliphatic heterocycles. The number of nitrogens with zero attached hydrogens (tertiary/aromatic N) is 4. The molecule has 76 valence electrons. The lowest BCUT2D eigenvalue weighted by atomic mass is 10.3. The summed E-state index contributed by atoms with van der Waals surface area (Å²) in [5.41, 5.74) is 0. The van der Waals surface area contributed by atoms with Gasteiger partial charge in [-0.25, -0.2) is 0 Å². The first-order valence-corrected chi connectivity index (χ1v) is 5.05. The van der Waals surface area contributed by atoms with Crippen molar-refractivity contribution in [1.82, 2.24) is 19.7 Å². The zero-order chi connectivity index (χ0) is 9.97. The average Bonchev–Trinajstić information content (AvgIpc) is 2.64. The summed E-state index contributed by atoms with van der Waals surface area (Å²) in [7, 11) is 0. The fraction of sp³-hybridized carbons (Fsp3) is 0.625. The van der Waals surface area contributed by atoms with Crippen LogP contribution in [0, 0.1) is 0 Å². The molecule has 1 aliphatic rings. The highest BCUT2D eigenvalue weighted by atomic mass is 35.5. The Balaban J connectivity index is 2.04. The van der Waals surface area contributed by atoms with E-state index in [4.69, 9.17) is 11.6 Å². The summed E-state index contributed by atoms with van der Waals surface area (Å²) in [4.78, 5) is 13.3. The summed E-state index contributed by atoms with van der Waals surface area (Å²) in [5, 5.41) is 7.73. The van der Waals surface area contributed by atoms with Gasteiger partial charge in [0.15, 0.2) is 5.82 Å². The second-order valence-electron chi connectivity index (χ2n) is 3.19. The maximum absolute atomic E-state index is 11.5. The summed E-state index contributed by atoms with van der Waals surface area (Å²) < 4.78 is 1.96. The van der Waals surface area contributed by atoms with Crippen molar-refractivity contribution in [3.8, 4) is 0 Å². The Morgan fingerprint density at radius 2 is 2.43 bits per heavy atom. The molecular weight excluding hydrogens is 204 g/mol. The first-order chi connectivity index (χ1) is 6.81. The fourth-order valence-electron chi connectivity index (χ4n) is 1.52. The highest BCUT2D eigenvalue weighted by Crippen LogP contribution is 2.10.